The molecule has 1 fully saturated rings. The molecule has 1 N–H and O–H groups in total. The molecule has 0 aliphatic carbocycles. The van der Waals surface area contributed by atoms with Gasteiger partial charge in [-0.1, -0.05) is 27.2 Å². The molecular weight excluding hydrogens is 260 g/mol. The molecule has 1 atom stereocenters. The molecular formula is C17H30N4. The van der Waals surface area contributed by atoms with E-state index < -0.39 is 0 Å². The van der Waals surface area contributed by atoms with Gasteiger partial charge in [-0.15, -0.1) is 0 Å². The molecule has 0 bridgehead atoms. The molecule has 2 heterocycles. The molecule has 0 radical (unpaired) electrons. The molecule has 4 nitrogen and oxygen atoms in total. The molecule has 0 saturated carbocycles. The fourth-order valence-electron chi connectivity index (χ4n) is 3.02. The Bertz CT molecular complexity index is 470. The normalized spacial score (nSPS) is 19.1. The lowest BCUT2D eigenvalue weighted by Crippen LogP contribution is -2.36. The van der Waals surface area contributed by atoms with E-state index in [0.29, 0.717) is 5.92 Å². The molecule has 1 unspecified atom stereocenters. The number of rotatable bonds is 5. The Labute approximate surface area is 129 Å². The number of anilines is 2. The summed E-state index contributed by atoms with van der Waals surface area (Å²) in [5.74, 6) is 4.25. The summed E-state index contributed by atoms with van der Waals surface area (Å²) in [5.41, 5.74) is 1.19. The molecule has 4 heteroatoms. The Morgan fingerprint density at radius 3 is 2.67 bits per heavy atom. The SMILES string of the molecule is CCNc1nc(C(C)C)nc(N2CCCC(CC)C2)c1C. The van der Waals surface area contributed by atoms with E-state index in [2.05, 4.69) is 44.8 Å². The molecule has 1 aromatic heterocycles. The minimum atomic E-state index is 0.355. The molecule has 0 amide bonds. The summed E-state index contributed by atoms with van der Waals surface area (Å²) < 4.78 is 0. The summed E-state index contributed by atoms with van der Waals surface area (Å²) in [4.78, 5) is 12.1. The van der Waals surface area contributed by atoms with Crippen LogP contribution in [0.4, 0.5) is 11.6 Å². The van der Waals surface area contributed by atoms with E-state index in [4.69, 9.17) is 9.97 Å². The predicted molar refractivity (Wildman–Crippen MR) is 90.2 cm³/mol. The highest BCUT2D eigenvalue weighted by Crippen LogP contribution is 2.30. The van der Waals surface area contributed by atoms with Crippen molar-refractivity contribution in [2.75, 3.05) is 29.9 Å². The van der Waals surface area contributed by atoms with Crippen molar-refractivity contribution < 1.29 is 0 Å². The van der Waals surface area contributed by atoms with Crippen molar-refractivity contribution in [2.45, 2.75) is 59.8 Å². The van der Waals surface area contributed by atoms with Crippen LogP contribution in [-0.4, -0.2) is 29.6 Å². The standard InChI is InChI=1S/C17H30N4/c1-6-14-9-8-10-21(11-14)17-13(5)16(18-7-2)19-15(20-17)12(3)4/h12,14H,6-11H2,1-5H3,(H,18,19,20). The van der Waals surface area contributed by atoms with Crippen LogP contribution in [0, 0.1) is 12.8 Å². The Morgan fingerprint density at radius 2 is 2.05 bits per heavy atom. The second kappa shape index (κ2) is 7.10. The second-order valence-electron chi connectivity index (χ2n) is 6.43. The van der Waals surface area contributed by atoms with Gasteiger partial charge in [-0.25, -0.2) is 9.97 Å². The minimum Gasteiger partial charge on any atom is -0.370 e. The van der Waals surface area contributed by atoms with Gasteiger partial charge in [0.2, 0.25) is 0 Å². The first-order chi connectivity index (χ1) is 10.1. The van der Waals surface area contributed by atoms with Gasteiger partial charge >= 0.3 is 0 Å². The first-order valence-electron chi connectivity index (χ1n) is 8.44. The van der Waals surface area contributed by atoms with Crippen molar-refractivity contribution >= 4 is 11.6 Å². The van der Waals surface area contributed by atoms with Gasteiger partial charge in [-0.3, -0.25) is 0 Å². The lowest BCUT2D eigenvalue weighted by atomic mass is 9.95. The summed E-state index contributed by atoms with van der Waals surface area (Å²) in [6.07, 6.45) is 3.89. The maximum absolute atomic E-state index is 4.88. The molecule has 1 aliphatic rings. The maximum atomic E-state index is 4.88. The number of nitrogens with zero attached hydrogens (tertiary/aromatic N) is 3. The van der Waals surface area contributed by atoms with Crippen LogP contribution in [0.2, 0.25) is 0 Å². The Kier molecular flexibility index (Phi) is 5.43. The lowest BCUT2D eigenvalue weighted by molar-refractivity contribution is 0.402. The highest BCUT2D eigenvalue weighted by molar-refractivity contribution is 5.59. The highest BCUT2D eigenvalue weighted by Gasteiger charge is 2.23. The Hall–Kier alpha value is -1.32. The summed E-state index contributed by atoms with van der Waals surface area (Å²) in [7, 11) is 0. The summed E-state index contributed by atoms with van der Waals surface area (Å²) in [6, 6.07) is 0. The zero-order valence-corrected chi connectivity index (χ0v) is 14.2. The maximum Gasteiger partial charge on any atom is 0.137 e. The molecule has 0 spiro atoms. The fourth-order valence-corrected chi connectivity index (χ4v) is 3.02. The van der Waals surface area contributed by atoms with Gasteiger partial charge in [0.15, 0.2) is 0 Å². The molecule has 0 aromatic carbocycles. The van der Waals surface area contributed by atoms with E-state index in [1.165, 1.54) is 24.8 Å². The predicted octanol–water partition coefficient (Wildman–Crippen LogP) is 3.97. The Balaban J connectivity index is 2.36. The molecule has 118 valence electrons. The van der Waals surface area contributed by atoms with Gasteiger partial charge in [0, 0.05) is 31.1 Å². The Morgan fingerprint density at radius 1 is 1.29 bits per heavy atom. The quantitative estimate of drug-likeness (QED) is 0.891. The average molecular weight is 290 g/mol. The number of nitrogens with one attached hydrogen (secondary N) is 1. The third-order valence-electron chi connectivity index (χ3n) is 4.39. The van der Waals surface area contributed by atoms with Gasteiger partial charge in [0.05, 0.1) is 0 Å². The third-order valence-corrected chi connectivity index (χ3v) is 4.39. The zero-order chi connectivity index (χ0) is 15.4. The smallest absolute Gasteiger partial charge is 0.137 e. The number of hydrogen-bond donors (Lipinski definition) is 1. The molecule has 1 aliphatic heterocycles. The summed E-state index contributed by atoms with van der Waals surface area (Å²) in [5, 5.41) is 3.40. The van der Waals surface area contributed by atoms with Crippen molar-refractivity contribution in [3.8, 4) is 0 Å². The van der Waals surface area contributed by atoms with Gasteiger partial charge in [0.25, 0.3) is 0 Å². The molecule has 1 saturated heterocycles. The highest BCUT2D eigenvalue weighted by atomic mass is 15.2. The average Bonchev–Trinajstić information content (AvgIpc) is 2.49. The van der Waals surface area contributed by atoms with E-state index >= 15 is 0 Å². The zero-order valence-electron chi connectivity index (χ0n) is 14.2. The lowest BCUT2D eigenvalue weighted by Gasteiger charge is -2.34. The first kappa shape index (κ1) is 16.1. The largest absolute Gasteiger partial charge is 0.370 e. The topological polar surface area (TPSA) is 41.1 Å². The van der Waals surface area contributed by atoms with Crippen LogP contribution in [0.25, 0.3) is 0 Å². The summed E-state index contributed by atoms with van der Waals surface area (Å²) >= 11 is 0. The minimum absolute atomic E-state index is 0.355. The van der Waals surface area contributed by atoms with Crippen LogP contribution in [-0.2, 0) is 0 Å². The van der Waals surface area contributed by atoms with Crippen molar-refractivity contribution in [1.29, 1.82) is 0 Å². The van der Waals surface area contributed by atoms with Gasteiger partial charge in [0.1, 0.15) is 17.5 Å². The van der Waals surface area contributed by atoms with Crippen molar-refractivity contribution in [2.24, 2.45) is 5.92 Å². The van der Waals surface area contributed by atoms with E-state index in [0.717, 1.165) is 43.0 Å². The van der Waals surface area contributed by atoms with E-state index in [9.17, 15) is 0 Å². The number of hydrogen-bond acceptors (Lipinski definition) is 4. The van der Waals surface area contributed by atoms with Crippen LogP contribution in [0.5, 0.6) is 0 Å². The molecule has 2 rings (SSSR count). The van der Waals surface area contributed by atoms with Crippen molar-refractivity contribution in [1.82, 2.24) is 9.97 Å². The fraction of sp³-hybridized carbons (Fsp3) is 0.765. The van der Waals surface area contributed by atoms with Gasteiger partial charge < -0.3 is 10.2 Å². The van der Waals surface area contributed by atoms with Crippen LogP contribution < -0.4 is 10.2 Å². The van der Waals surface area contributed by atoms with E-state index in [1.54, 1.807) is 0 Å². The van der Waals surface area contributed by atoms with Gasteiger partial charge in [-0.05, 0) is 32.6 Å². The third kappa shape index (κ3) is 3.66. The van der Waals surface area contributed by atoms with E-state index in [1.807, 2.05) is 0 Å². The van der Waals surface area contributed by atoms with Crippen molar-refractivity contribution in [3.63, 3.8) is 0 Å². The van der Waals surface area contributed by atoms with Gasteiger partial charge in [-0.2, -0.15) is 0 Å². The van der Waals surface area contributed by atoms with Crippen LogP contribution in [0.1, 0.15) is 64.3 Å². The first-order valence-corrected chi connectivity index (χ1v) is 8.44. The monoisotopic (exact) mass is 290 g/mol. The second-order valence-corrected chi connectivity index (χ2v) is 6.43. The number of aromatic nitrogens is 2. The van der Waals surface area contributed by atoms with Crippen LogP contribution in [0.3, 0.4) is 0 Å². The van der Waals surface area contributed by atoms with Crippen molar-refractivity contribution in [3.05, 3.63) is 11.4 Å². The van der Waals surface area contributed by atoms with E-state index in [-0.39, 0.29) is 0 Å². The van der Waals surface area contributed by atoms with Crippen LogP contribution >= 0.6 is 0 Å². The molecule has 1 aromatic rings. The summed E-state index contributed by atoms with van der Waals surface area (Å²) in [6.45, 7) is 14.0. The molecule has 21 heavy (non-hydrogen) atoms. The number of piperidine rings is 1. The van der Waals surface area contributed by atoms with Crippen LogP contribution in [0.15, 0.2) is 0 Å².